The van der Waals surface area contributed by atoms with Gasteiger partial charge in [-0.3, -0.25) is 4.79 Å². The van der Waals surface area contributed by atoms with E-state index in [1.807, 2.05) is 6.92 Å². The average Bonchev–Trinajstić information content (AvgIpc) is 2.46. The Kier molecular flexibility index (Phi) is 8.93. The molecule has 0 saturated carbocycles. The van der Waals surface area contributed by atoms with Crippen LogP contribution >= 0.6 is 0 Å². The van der Waals surface area contributed by atoms with E-state index in [1.54, 1.807) is 0 Å². The molecule has 1 fully saturated rings. The van der Waals surface area contributed by atoms with Crippen molar-refractivity contribution in [2.24, 2.45) is 0 Å². The Bertz CT molecular complexity index is 289. The zero-order chi connectivity index (χ0) is 15.6. The zero-order valence-corrected chi connectivity index (χ0v) is 14.2. The minimum atomic E-state index is -0.534. The molecule has 0 aromatic carbocycles. The van der Waals surface area contributed by atoms with Crippen LogP contribution in [0.5, 0.6) is 0 Å². The van der Waals surface area contributed by atoms with Crippen molar-refractivity contribution in [2.45, 2.75) is 70.8 Å². The minimum absolute atomic E-state index is 0.136. The predicted octanol–water partition coefficient (Wildman–Crippen LogP) is 2.96. The van der Waals surface area contributed by atoms with Crippen LogP contribution < -0.4 is 5.32 Å². The lowest BCUT2D eigenvalue weighted by Gasteiger charge is -2.30. The van der Waals surface area contributed by atoms with Gasteiger partial charge in [0.25, 0.3) is 0 Å². The van der Waals surface area contributed by atoms with Crippen LogP contribution in [0.1, 0.15) is 65.2 Å². The Balaban J connectivity index is 2.39. The molecule has 21 heavy (non-hydrogen) atoms. The molecule has 1 heterocycles. The quantitative estimate of drug-likeness (QED) is 0.700. The second-order valence-corrected chi connectivity index (χ2v) is 6.46. The van der Waals surface area contributed by atoms with Crippen molar-refractivity contribution in [3.8, 4) is 0 Å². The number of ether oxygens (including phenoxy) is 1. The van der Waals surface area contributed by atoms with Gasteiger partial charge in [-0.25, -0.2) is 0 Å². The molecule has 0 aromatic heterocycles. The first-order valence-electron chi connectivity index (χ1n) is 8.68. The van der Waals surface area contributed by atoms with Gasteiger partial charge in [0.05, 0.1) is 7.11 Å². The summed E-state index contributed by atoms with van der Waals surface area (Å²) in [6, 6.07) is 0. The van der Waals surface area contributed by atoms with E-state index in [0.717, 1.165) is 32.4 Å². The van der Waals surface area contributed by atoms with Crippen molar-refractivity contribution in [1.29, 1.82) is 0 Å². The summed E-state index contributed by atoms with van der Waals surface area (Å²) in [6.45, 7) is 8.48. The average molecular weight is 298 g/mol. The first-order chi connectivity index (χ1) is 10.1. The van der Waals surface area contributed by atoms with Crippen LogP contribution in [0.15, 0.2) is 0 Å². The standard InChI is InChI=1S/C17H34N2O2/c1-4-12-18-17(2,16(20)21-3)11-10-15-19-13-8-6-5-7-9-14-19/h18H,4-15H2,1-3H3. The summed E-state index contributed by atoms with van der Waals surface area (Å²) < 4.78 is 4.98. The van der Waals surface area contributed by atoms with Gasteiger partial charge in [-0.05, 0) is 65.2 Å². The van der Waals surface area contributed by atoms with Gasteiger partial charge >= 0.3 is 5.97 Å². The van der Waals surface area contributed by atoms with Crippen molar-refractivity contribution in [1.82, 2.24) is 10.2 Å². The first kappa shape index (κ1) is 18.4. The molecular weight excluding hydrogens is 264 g/mol. The zero-order valence-electron chi connectivity index (χ0n) is 14.2. The Hall–Kier alpha value is -0.610. The van der Waals surface area contributed by atoms with E-state index in [4.69, 9.17) is 4.74 Å². The van der Waals surface area contributed by atoms with Gasteiger partial charge in [-0.15, -0.1) is 0 Å². The molecule has 0 spiro atoms. The molecular formula is C17H34N2O2. The van der Waals surface area contributed by atoms with E-state index in [9.17, 15) is 4.79 Å². The van der Waals surface area contributed by atoms with Crippen molar-refractivity contribution in [3.63, 3.8) is 0 Å². The number of carbonyl (C=O) groups is 1. The smallest absolute Gasteiger partial charge is 0.325 e. The molecule has 0 aliphatic carbocycles. The summed E-state index contributed by atoms with van der Waals surface area (Å²) in [7, 11) is 1.48. The van der Waals surface area contributed by atoms with Crippen LogP contribution in [0.4, 0.5) is 0 Å². The molecule has 124 valence electrons. The fourth-order valence-corrected chi connectivity index (χ4v) is 3.08. The molecule has 0 aromatic rings. The second kappa shape index (κ2) is 10.2. The van der Waals surface area contributed by atoms with Crippen molar-refractivity contribution >= 4 is 5.97 Å². The third-order valence-corrected chi connectivity index (χ3v) is 4.50. The molecule has 1 atom stereocenters. The summed E-state index contributed by atoms with van der Waals surface area (Å²) in [5, 5.41) is 3.36. The highest BCUT2D eigenvalue weighted by Gasteiger charge is 2.33. The lowest BCUT2D eigenvalue weighted by atomic mass is 9.95. The summed E-state index contributed by atoms with van der Waals surface area (Å²) in [5.74, 6) is -0.136. The van der Waals surface area contributed by atoms with E-state index >= 15 is 0 Å². The van der Waals surface area contributed by atoms with Crippen molar-refractivity contribution in [2.75, 3.05) is 33.3 Å². The molecule has 1 aliphatic heterocycles. The molecule has 1 unspecified atom stereocenters. The van der Waals surface area contributed by atoms with E-state index in [2.05, 4.69) is 17.1 Å². The Morgan fingerprint density at radius 3 is 2.38 bits per heavy atom. The monoisotopic (exact) mass is 298 g/mol. The number of rotatable bonds is 8. The Morgan fingerprint density at radius 1 is 1.19 bits per heavy atom. The molecule has 0 bridgehead atoms. The van der Waals surface area contributed by atoms with Gasteiger partial charge in [-0.1, -0.05) is 26.2 Å². The van der Waals surface area contributed by atoms with Crippen LogP contribution in [0.2, 0.25) is 0 Å². The van der Waals surface area contributed by atoms with Crippen LogP contribution in [-0.4, -0.2) is 49.7 Å². The van der Waals surface area contributed by atoms with Crippen molar-refractivity contribution < 1.29 is 9.53 Å². The number of nitrogens with zero attached hydrogens (tertiary/aromatic N) is 1. The molecule has 1 saturated heterocycles. The summed E-state index contributed by atoms with van der Waals surface area (Å²) in [6.07, 6.45) is 9.69. The van der Waals surface area contributed by atoms with Gasteiger partial charge in [-0.2, -0.15) is 0 Å². The van der Waals surface area contributed by atoms with Crippen LogP contribution in [0, 0.1) is 0 Å². The number of nitrogens with one attached hydrogen (secondary N) is 1. The summed E-state index contributed by atoms with van der Waals surface area (Å²) in [5.41, 5.74) is -0.534. The molecule has 1 rings (SSSR count). The first-order valence-corrected chi connectivity index (χ1v) is 8.68. The summed E-state index contributed by atoms with van der Waals surface area (Å²) >= 11 is 0. The normalized spacial score (nSPS) is 20.3. The highest BCUT2D eigenvalue weighted by molar-refractivity contribution is 5.80. The van der Waals surface area contributed by atoms with Gasteiger partial charge in [0.2, 0.25) is 0 Å². The van der Waals surface area contributed by atoms with E-state index in [1.165, 1.54) is 52.3 Å². The fourth-order valence-electron chi connectivity index (χ4n) is 3.08. The van der Waals surface area contributed by atoms with Crippen LogP contribution in [0.3, 0.4) is 0 Å². The number of esters is 1. The number of methoxy groups -OCH3 is 1. The predicted molar refractivity (Wildman–Crippen MR) is 87.5 cm³/mol. The minimum Gasteiger partial charge on any atom is -0.468 e. The van der Waals surface area contributed by atoms with E-state index in [0.29, 0.717) is 0 Å². The van der Waals surface area contributed by atoms with Gasteiger partial charge < -0.3 is 15.0 Å². The molecule has 4 heteroatoms. The van der Waals surface area contributed by atoms with Crippen LogP contribution in [-0.2, 0) is 9.53 Å². The third kappa shape index (κ3) is 6.79. The number of hydrogen-bond acceptors (Lipinski definition) is 4. The summed E-state index contributed by atoms with van der Waals surface area (Å²) in [4.78, 5) is 14.6. The third-order valence-electron chi connectivity index (χ3n) is 4.50. The SMILES string of the molecule is CCCNC(C)(CCCN1CCCCCCC1)C(=O)OC. The number of hydrogen-bond donors (Lipinski definition) is 1. The maximum absolute atomic E-state index is 12.0. The highest BCUT2D eigenvalue weighted by Crippen LogP contribution is 2.17. The van der Waals surface area contributed by atoms with Gasteiger partial charge in [0.15, 0.2) is 0 Å². The van der Waals surface area contributed by atoms with E-state index in [-0.39, 0.29) is 5.97 Å². The largest absolute Gasteiger partial charge is 0.468 e. The lowest BCUT2D eigenvalue weighted by molar-refractivity contribution is -0.148. The Morgan fingerprint density at radius 2 is 1.81 bits per heavy atom. The maximum Gasteiger partial charge on any atom is 0.325 e. The molecule has 4 nitrogen and oxygen atoms in total. The fraction of sp³-hybridized carbons (Fsp3) is 0.941. The van der Waals surface area contributed by atoms with Gasteiger partial charge in [0, 0.05) is 0 Å². The molecule has 1 aliphatic rings. The number of carbonyl (C=O) groups excluding carboxylic acids is 1. The lowest BCUT2D eigenvalue weighted by Crippen LogP contribution is -2.50. The topological polar surface area (TPSA) is 41.6 Å². The number of likely N-dealkylation sites (tertiary alicyclic amines) is 1. The highest BCUT2D eigenvalue weighted by atomic mass is 16.5. The molecule has 1 N–H and O–H groups in total. The second-order valence-electron chi connectivity index (χ2n) is 6.46. The van der Waals surface area contributed by atoms with Crippen molar-refractivity contribution in [3.05, 3.63) is 0 Å². The van der Waals surface area contributed by atoms with Crippen LogP contribution in [0.25, 0.3) is 0 Å². The van der Waals surface area contributed by atoms with Gasteiger partial charge in [0.1, 0.15) is 5.54 Å². The maximum atomic E-state index is 12.0. The van der Waals surface area contributed by atoms with E-state index < -0.39 is 5.54 Å². The molecule has 0 radical (unpaired) electrons. The Labute approximate surface area is 130 Å². The molecule has 0 amide bonds.